The third kappa shape index (κ3) is 2.50. The summed E-state index contributed by atoms with van der Waals surface area (Å²) >= 11 is 0. The van der Waals surface area contributed by atoms with Gasteiger partial charge in [0.1, 0.15) is 6.04 Å². The first-order chi connectivity index (χ1) is 10.8. The van der Waals surface area contributed by atoms with Crippen LogP contribution in [0, 0.1) is 24.2 Å². The van der Waals surface area contributed by atoms with E-state index in [0.29, 0.717) is 24.7 Å². The van der Waals surface area contributed by atoms with Gasteiger partial charge < -0.3 is 19.3 Å². The van der Waals surface area contributed by atoms with E-state index in [-0.39, 0.29) is 18.1 Å². The van der Waals surface area contributed by atoms with E-state index in [1.807, 2.05) is 13.8 Å². The fraction of sp³-hybridized carbons (Fsp3) is 0.733. The smallest absolute Gasteiger partial charge is 0.307 e. The first-order valence-electron chi connectivity index (χ1n) is 7.63. The molecular weight excluding hydrogens is 302 g/mol. The van der Waals surface area contributed by atoms with Gasteiger partial charge in [0.2, 0.25) is 11.8 Å². The second-order valence-electron chi connectivity index (χ2n) is 6.89. The van der Waals surface area contributed by atoms with Crippen LogP contribution in [0.15, 0.2) is 4.52 Å². The summed E-state index contributed by atoms with van der Waals surface area (Å²) in [6, 6.07) is -0.362. The molecule has 23 heavy (non-hydrogen) atoms. The lowest BCUT2D eigenvalue weighted by atomic mass is 10.1. The molecular formula is C15H21N3O5. The summed E-state index contributed by atoms with van der Waals surface area (Å²) < 4.78 is 10.6. The Morgan fingerprint density at radius 1 is 1.39 bits per heavy atom. The second kappa shape index (κ2) is 5.30. The molecule has 0 aromatic carbocycles. The monoisotopic (exact) mass is 323 g/mol. The van der Waals surface area contributed by atoms with Gasteiger partial charge in [-0.15, -0.1) is 0 Å². The molecule has 2 aliphatic rings. The van der Waals surface area contributed by atoms with E-state index in [1.165, 1.54) is 0 Å². The molecule has 0 bridgehead atoms. The van der Waals surface area contributed by atoms with Crippen molar-refractivity contribution < 1.29 is 24.0 Å². The number of aliphatic carboxylic acids is 1. The van der Waals surface area contributed by atoms with Crippen LogP contribution >= 0.6 is 0 Å². The Morgan fingerprint density at radius 3 is 2.57 bits per heavy atom. The van der Waals surface area contributed by atoms with E-state index in [1.54, 1.807) is 18.9 Å². The molecule has 1 amide bonds. The summed E-state index contributed by atoms with van der Waals surface area (Å²) in [5.74, 6) is -1.41. The van der Waals surface area contributed by atoms with E-state index in [4.69, 9.17) is 9.26 Å². The molecule has 1 saturated heterocycles. The number of amides is 1. The largest absolute Gasteiger partial charge is 0.481 e. The third-order valence-corrected chi connectivity index (χ3v) is 5.07. The van der Waals surface area contributed by atoms with E-state index in [9.17, 15) is 14.7 Å². The van der Waals surface area contributed by atoms with Crippen LogP contribution in [0.2, 0.25) is 0 Å². The van der Waals surface area contributed by atoms with Gasteiger partial charge in [-0.2, -0.15) is 4.98 Å². The number of aromatic nitrogens is 2. The number of carbonyl (C=O) groups is 2. The van der Waals surface area contributed by atoms with Gasteiger partial charge in [-0.05, 0) is 12.3 Å². The fourth-order valence-electron chi connectivity index (χ4n) is 3.63. The van der Waals surface area contributed by atoms with Crippen molar-refractivity contribution in [3.05, 3.63) is 11.7 Å². The van der Waals surface area contributed by atoms with Gasteiger partial charge in [0, 0.05) is 20.1 Å². The van der Waals surface area contributed by atoms with E-state index < -0.39 is 23.2 Å². The van der Waals surface area contributed by atoms with E-state index in [0.717, 1.165) is 0 Å². The molecule has 4 atom stereocenters. The maximum absolute atomic E-state index is 12.9. The highest BCUT2D eigenvalue weighted by Crippen LogP contribution is 2.59. The number of rotatable bonds is 4. The van der Waals surface area contributed by atoms with Crippen LogP contribution in [-0.2, 0) is 14.3 Å². The third-order valence-electron chi connectivity index (χ3n) is 5.07. The van der Waals surface area contributed by atoms with Crippen molar-refractivity contribution in [1.29, 1.82) is 0 Å². The van der Waals surface area contributed by atoms with Crippen LogP contribution in [-0.4, -0.2) is 51.8 Å². The van der Waals surface area contributed by atoms with E-state index >= 15 is 0 Å². The molecule has 1 aliphatic heterocycles. The minimum atomic E-state index is -0.930. The zero-order valence-electron chi connectivity index (χ0n) is 13.6. The minimum Gasteiger partial charge on any atom is -0.481 e. The number of carboxylic acid groups (broad SMARTS) is 1. The molecule has 126 valence electrons. The van der Waals surface area contributed by atoms with Crippen molar-refractivity contribution >= 4 is 11.9 Å². The number of methoxy groups -OCH3 is 1. The van der Waals surface area contributed by atoms with Crippen LogP contribution in [0.1, 0.15) is 38.0 Å². The maximum atomic E-state index is 12.9. The van der Waals surface area contributed by atoms with Crippen molar-refractivity contribution in [3.8, 4) is 0 Å². The van der Waals surface area contributed by atoms with Crippen LogP contribution in [0.25, 0.3) is 0 Å². The average molecular weight is 323 g/mol. The Balaban J connectivity index is 1.84. The van der Waals surface area contributed by atoms with E-state index in [2.05, 4.69) is 10.1 Å². The number of nitrogens with zero attached hydrogens (tertiary/aromatic N) is 3. The lowest BCUT2D eigenvalue weighted by molar-refractivity contribution is -0.142. The fourth-order valence-corrected chi connectivity index (χ4v) is 3.63. The van der Waals surface area contributed by atoms with Crippen molar-refractivity contribution in [3.63, 3.8) is 0 Å². The van der Waals surface area contributed by atoms with Crippen molar-refractivity contribution in [2.75, 3.05) is 13.7 Å². The molecule has 0 radical (unpaired) electrons. The molecule has 3 rings (SSSR count). The highest BCUT2D eigenvalue weighted by atomic mass is 16.5. The number of likely N-dealkylation sites (tertiary alicyclic amines) is 1. The number of carboxylic acids is 1. The molecule has 2 fully saturated rings. The zero-order chi connectivity index (χ0) is 16.9. The predicted octanol–water partition coefficient (Wildman–Crippen LogP) is 1.02. The molecule has 1 N–H and O–H groups in total. The van der Waals surface area contributed by atoms with Crippen molar-refractivity contribution in [2.45, 2.75) is 39.3 Å². The molecule has 1 aromatic heterocycles. The Kier molecular flexibility index (Phi) is 3.66. The van der Waals surface area contributed by atoms with Crippen molar-refractivity contribution in [1.82, 2.24) is 15.0 Å². The van der Waals surface area contributed by atoms with Gasteiger partial charge in [-0.1, -0.05) is 19.0 Å². The Morgan fingerprint density at radius 2 is 2.09 bits per heavy atom. The van der Waals surface area contributed by atoms with Gasteiger partial charge in [0.15, 0.2) is 5.82 Å². The molecule has 0 spiro atoms. The summed E-state index contributed by atoms with van der Waals surface area (Å²) in [5.41, 5.74) is -0.538. The van der Waals surface area contributed by atoms with Gasteiger partial charge in [-0.3, -0.25) is 9.59 Å². The van der Waals surface area contributed by atoms with Crippen LogP contribution in [0.4, 0.5) is 0 Å². The first kappa shape index (κ1) is 15.9. The standard InChI is InChI=1S/C15H21N3O5/c1-7-16-12(23-17-7)9-5-8(22-4)6-18(9)13(19)10-11(14(20)21)15(10,2)3/h8-11H,5-6H2,1-4H3,(H,20,21)/t8-,9+,10-,11+/m0/s1. The average Bonchev–Trinajstić information content (AvgIpc) is 2.86. The number of carbonyl (C=O) groups excluding carboxylic acids is 1. The maximum Gasteiger partial charge on any atom is 0.307 e. The zero-order valence-corrected chi connectivity index (χ0v) is 13.6. The predicted molar refractivity (Wildman–Crippen MR) is 77.3 cm³/mol. The lowest BCUT2D eigenvalue weighted by Crippen LogP contribution is -2.34. The van der Waals surface area contributed by atoms with Crippen LogP contribution in [0.3, 0.4) is 0 Å². The highest BCUT2D eigenvalue weighted by molar-refractivity contribution is 5.92. The van der Waals surface area contributed by atoms with Gasteiger partial charge in [0.25, 0.3) is 0 Å². The van der Waals surface area contributed by atoms with Crippen LogP contribution in [0.5, 0.6) is 0 Å². The summed E-state index contributed by atoms with van der Waals surface area (Å²) in [5, 5.41) is 13.1. The SMILES string of the molecule is CO[C@H]1C[C@H](c2nc(C)no2)N(C(=O)[C@@H]2[C@H](C(=O)O)C2(C)C)C1. The lowest BCUT2D eigenvalue weighted by Gasteiger charge is -2.22. The highest BCUT2D eigenvalue weighted by Gasteiger charge is 2.67. The number of hydrogen-bond acceptors (Lipinski definition) is 6. The minimum absolute atomic E-state index is 0.124. The Bertz CT molecular complexity index is 641. The summed E-state index contributed by atoms with van der Waals surface area (Å²) in [7, 11) is 1.59. The molecule has 8 heteroatoms. The quantitative estimate of drug-likeness (QED) is 0.881. The molecule has 1 aromatic rings. The second-order valence-corrected chi connectivity index (χ2v) is 6.89. The summed E-state index contributed by atoms with van der Waals surface area (Å²) in [4.78, 5) is 30.1. The van der Waals surface area contributed by atoms with Gasteiger partial charge in [-0.25, -0.2) is 0 Å². The topological polar surface area (TPSA) is 106 Å². The Hall–Kier alpha value is -1.96. The molecule has 0 unspecified atom stereocenters. The van der Waals surface area contributed by atoms with Crippen molar-refractivity contribution in [2.24, 2.45) is 17.3 Å². The van der Waals surface area contributed by atoms with Gasteiger partial charge in [0.05, 0.1) is 17.9 Å². The molecule has 1 aliphatic carbocycles. The molecule has 8 nitrogen and oxygen atoms in total. The Labute approximate surface area is 133 Å². The van der Waals surface area contributed by atoms with Crippen LogP contribution < -0.4 is 0 Å². The normalized spacial score (nSPS) is 32.1. The number of ether oxygens (including phenoxy) is 1. The van der Waals surface area contributed by atoms with Gasteiger partial charge >= 0.3 is 5.97 Å². The summed E-state index contributed by atoms with van der Waals surface area (Å²) in [6.07, 6.45) is 0.440. The molecule has 2 heterocycles. The first-order valence-corrected chi connectivity index (χ1v) is 7.63. The number of aryl methyl sites for hydroxylation is 1. The summed E-state index contributed by atoms with van der Waals surface area (Å²) in [6.45, 7) is 5.74. The number of hydrogen-bond donors (Lipinski definition) is 1. The molecule has 1 saturated carbocycles.